The average molecular weight is 343 g/mol. The molecule has 0 radical (unpaired) electrons. The van der Waals surface area contributed by atoms with E-state index in [2.05, 4.69) is 16.0 Å². The van der Waals surface area contributed by atoms with E-state index in [1.165, 1.54) is 16.9 Å². The molecule has 4 heterocycles. The number of thiophene rings is 1. The van der Waals surface area contributed by atoms with Crippen LogP contribution in [0.25, 0.3) is 0 Å². The molecule has 0 bridgehead atoms. The van der Waals surface area contributed by atoms with Gasteiger partial charge in [0.05, 0.1) is 23.6 Å². The van der Waals surface area contributed by atoms with Crippen molar-refractivity contribution in [2.75, 3.05) is 26.2 Å². The Morgan fingerprint density at radius 1 is 1.33 bits per heavy atom. The first-order chi connectivity index (χ1) is 11.8. The van der Waals surface area contributed by atoms with E-state index in [1.54, 1.807) is 6.20 Å². The van der Waals surface area contributed by atoms with Gasteiger partial charge in [0, 0.05) is 38.6 Å². The van der Waals surface area contributed by atoms with Gasteiger partial charge in [0.25, 0.3) is 5.91 Å². The molecule has 2 aliphatic heterocycles. The lowest BCUT2D eigenvalue weighted by Gasteiger charge is -2.47. The number of amides is 1. The number of nitrogens with zero attached hydrogens (tertiary/aromatic N) is 3. The summed E-state index contributed by atoms with van der Waals surface area (Å²) in [6, 6.07) is 8.18. The smallest absolute Gasteiger partial charge is 0.263 e. The molecule has 0 aromatic carbocycles. The van der Waals surface area contributed by atoms with Crippen LogP contribution in [0.3, 0.4) is 0 Å². The number of fused-ring (bicyclic) bond motifs is 1. The van der Waals surface area contributed by atoms with Crippen molar-refractivity contribution in [3.63, 3.8) is 0 Å². The molecule has 6 heteroatoms. The number of rotatable bonds is 3. The third-order valence-electron chi connectivity index (χ3n) is 4.83. The molecule has 2 aromatic rings. The maximum absolute atomic E-state index is 12.7. The highest BCUT2D eigenvalue weighted by molar-refractivity contribution is 7.12. The summed E-state index contributed by atoms with van der Waals surface area (Å²) in [5.41, 5.74) is 1.21. The molecule has 2 fully saturated rings. The zero-order valence-corrected chi connectivity index (χ0v) is 14.3. The lowest BCUT2D eigenvalue weighted by atomic mass is 9.98. The predicted molar refractivity (Wildman–Crippen MR) is 93.0 cm³/mol. The van der Waals surface area contributed by atoms with Gasteiger partial charge in [-0.05, 0) is 29.5 Å². The van der Waals surface area contributed by atoms with Gasteiger partial charge in [-0.2, -0.15) is 0 Å². The molecule has 0 unspecified atom stereocenters. The molecule has 2 saturated heterocycles. The average Bonchev–Trinajstić information content (AvgIpc) is 3.17. The number of aromatic nitrogens is 1. The monoisotopic (exact) mass is 343 g/mol. The van der Waals surface area contributed by atoms with Crippen LogP contribution in [0.4, 0.5) is 0 Å². The molecule has 1 amide bonds. The molecule has 2 aliphatic rings. The fourth-order valence-electron chi connectivity index (χ4n) is 3.61. The van der Waals surface area contributed by atoms with Crippen LogP contribution in [-0.2, 0) is 11.3 Å². The topological polar surface area (TPSA) is 45.7 Å². The Hall–Kier alpha value is -1.76. The number of hydrogen-bond acceptors (Lipinski definition) is 5. The molecule has 0 spiro atoms. The minimum atomic E-state index is 0.148. The fourth-order valence-corrected chi connectivity index (χ4v) is 4.30. The molecule has 2 atom stereocenters. The number of piperidine rings is 1. The summed E-state index contributed by atoms with van der Waals surface area (Å²) >= 11 is 1.51. The molecule has 0 N–H and O–H groups in total. The maximum atomic E-state index is 12.7. The third-order valence-corrected chi connectivity index (χ3v) is 5.69. The summed E-state index contributed by atoms with van der Waals surface area (Å²) in [7, 11) is 0. The summed E-state index contributed by atoms with van der Waals surface area (Å²) in [6.45, 7) is 4.04. The molecule has 126 valence electrons. The van der Waals surface area contributed by atoms with Crippen molar-refractivity contribution in [1.82, 2.24) is 14.8 Å². The van der Waals surface area contributed by atoms with Crippen LogP contribution in [0.5, 0.6) is 0 Å². The second kappa shape index (κ2) is 7.01. The Morgan fingerprint density at radius 2 is 2.29 bits per heavy atom. The maximum Gasteiger partial charge on any atom is 0.263 e. The normalized spacial score (nSPS) is 24.6. The van der Waals surface area contributed by atoms with Crippen molar-refractivity contribution in [1.29, 1.82) is 0 Å². The Labute approximate surface area is 145 Å². The van der Waals surface area contributed by atoms with Gasteiger partial charge in [-0.25, -0.2) is 0 Å². The number of morpholine rings is 1. The minimum absolute atomic E-state index is 0.148. The number of hydrogen-bond donors (Lipinski definition) is 0. The van der Waals surface area contributed by atoms with E-state index in [0.29, 0.717) is 0 Å². The Morgan fingerprint density at radius 3 is 3.08 bits per heavy atom. The van der Waals surface area contributed by atoms with Gasteiger partial charge >= 0.3 is 0 Å². The molecule has 24 heavy (non-hydrogen) atoms. The Balaban J connectivity index is 1.48. The zero-order valence-electron chi connectivity index (χ0n) is 13.5. The molecule has 5 nitrogen and oxygen atoms in total. The van der Waals surface area contributed by atoms with E-state index < -0.39 is 0 Å². The molecule has 0 aliphatic carbocycles. The summed E-state index contributed by atoms with van der Waals surface area (Å²) < 4.78 is 5.98. The van der Waals surface area contributed by atoms with E-state index in [-0.39, 0.29) is 18.1 Å². The highest BCUT2D eigenvalue weighted by Gasteiger charge is 2.38. The van der Waals surface area contributed by atoms with Crippen LogP contribution in [-0.4, -0.2) is 59.1 Å². The van der Waals surface area contributed by atoms with Gasteiger partial charge in [-0.15, -0.1) is 11.3 Å². The summed E-state index contributed by atoms with van der Waals surface area (Å²) in [4.78, 5) is 22.1. The van der Waals surface area contributed by atoms with E-state index >= 15 is 0 Å². The first-order valence-electron chi connectivity index (χ1n) is 8.38. The summed E-state index contributed by atoms with van der Waals surface area (Å²) in [6.07, 6.45) is 4.85. The molecule has 4 rings (SSSR count). The van der Waals surface area contributed by atoms with Crippen molar-refractivity contribution in [3.05, 3.63) is 52.5 Å². The van der Waals surface area contributed by atoms with Crippen molar-refractivity contribution >= 4 is 17.2 Å². The van der Waals surface area contributed by atoms with Crippen LogP contribution in [0.15, 0.2) is 42.0 Å². The Bertz CT molecular complexity index is 677. The molecule has 2 aromatic heterocycles. The highest BCUT2D eigenvalue weighted by Crippen LogP contribution is 2.26. The number of carbonyl (C=O) groups is 1. The third kappa shape index (κ3) is 3.22. The van der Waals surface area contributed by atoms with Gasteiger partial charge in [0.15, 0.2) is 0 Å². The van der Waals surface area contributed by atoms with Crippen molar-refractivity contribution in [3.8, 4) is 0 Å². The van der Waals surface area contributed by atoms with Gasteiger partial charge in [-0.1, -0.05) is 12.1 Å². The second-order valence-electron chi connectivity index (χ2n) is 6.33. The van der Waals surface area contributed by atoms with Crippen LogP contribution in [0.1, 0.15) is 21.7 Å². The largest absolute Gasteiger partial charge is 0.375 e. The molecule has 0 saturated carbocycles. The van der Waals surface area contributed by atoms with Crippen LogP contribution in [0.2, 0.25) is 0 Å². The number of carbonyl (C=O) groups excluding carboxylic acids is 1. The van der Waals surface area contributed by atoms with Crippen LogP contribution >= 0.6 is 11.3 Å². The first kappa shape index (κ1) is 15.7. The summed E-state index contributed by atoms with van der Waals surface area (Å²) in [5.74, 6) is 0.148. The van der Waals surface area contributed by atoms with E-state index in [9.17, 15) is 4.79 Å². The molecular formula is C18H21N3O2S. The van der Waals surface area contributed by atoms with Crippen molar-refractivity contribution < 1.29 is 9.53 Å². The lowest BCUT2D eigenvalue weighted by molar-refractivity contribution is -0.101. The predicted octanol–water partition coefficient (Wildman–Crippen LogP) is 2.26. The van der Waals surface area contributed by atoms with Gasteiger partial charge in [0.2, 0.25) is 0 Å². The van der Waals surface area contributed by atoms with Crippen LogP contribution in [0, 0.1) is 0 Å². The Kier molecular flexibility index (Phi) is 4.60. The van der Waals surface area contributed by atoms with Crippen molar-refractivity contribution in [2.24, 2.45) is 0 Å². The number of ether oxygens (including phenoxy) is 1. The number of pyridine rings is 1. The first-order valence-corrected chi connectivity index (χ1v) is 9.26. The van der Waals surface area contributed by atoms with Gasteiger partial charge < -0.3 is 9.64 Å². The van der Waals surface area contributed by atoms with Gasteiger partial charge in [-0.3, -0.25) is 14.7 Å². The number of likely N-dealkylation sites (tertiary alicyclic amines) is 1. The van der Waals surface area contributed by atoms with E-state index in [4.69, 9.17) is 4.74 Å². The van der Waals surface area contributed by atoms with Crippen molar-refractivity contribution in [2.45, 2.75) is 25.1 Å². The fraction of sp³-hybridized carbons (Fsp3) is 0.444. The molecular weight excluding hydrogens is 322 g/mol. The zero-order chi connectivity index (χ0) is 16.4. The lowest BCUT2D eigenvalue weighted by Crippen LogP contribution is -2.60. The van der Waals surface area contributed by atoms with E-state index in [0.717, 1.165) is 44.1 Å². The second-order valence-corrected chi connectivity index (χ2v) is 7.27. The standard InChI is InChI=1S/C18H21N3O2S/c22-18(17-4-2-10-24-17)21-7-5-16-15(13-21)20(8-9-23-16)12-14-3-1-6-19-11-14/h1-4,6,10-11,15-16H,5,7-9,12-13H2/t15-,16-/m0/s1. The summed E-state index contributed by atoms with van der Waals surface area (Å²) in [5, 5.41) is 1.96. The SMILES string of the molecule is O=C(c1cccs1)N1CC[C@@H]2OCCN(Cc3cccnc3)[C@H]2C1. The quantitative estimate of drug-likeness (QED) is 0.858. The van der Waals surface area contributed by atoms with Gasteiger partial charge in [0.1, 0.15) is 0 Å². The minimum Gasteiger partial charge on any atom is -0.375 e. The highest BCUT2D eigenvalue weighted by atomic mass is 32.1. The van der Waals surface area contributed by atoms with Crippen LogP contribution < -0.4 is 0 Å². The van der Waals surface area contributed by atoms with E-state index in [1.807, 2.05) is 34.7 Å².